The fourth-order valence-corrected chi connectivity index (χ4v) is 8.13. The van der Waals surface area contributed by atoms with Crippen LogP contribution in [0.2, 0.25) is 0 Å². The first-order valence-electron chi connectivity index (χ1n) is 17.0. The number of aromatic nitrogens is 3. The summed E-state index contributed by atoms with van der Waals surface area (Å²) in [5.41, 5.74) is 5.81. The largest absolute Gasteiger partial charge is 0.256 e. The number of hydrogen-bond donors (Lipinski definition) is 0. The van der Waals surface area contributed by atoms with Crippen molar-refractivity contribution >= 4 is 75.5 Å². The maximum Gasteiger partial charge on any atom is 0.160 e. The van der Waals surface area contributed by atoms with E-state index in [-0.39, 0.29) is 0 Å². The Morgan fingerprint density at radius 1 is 0.320 bits per heavy atom. The molecule has 0 aliphatic carbocycles. The molecule has 2 aromatic heterocycles. The Kier molecular flexibility index (Phi) is 5.67. The molecule has 11 aromatic rings. The van der Waals surface area contributed by atoms with Crippen molar-refractivity contribution in [2.45, 2.75) is 0 Å². The van der Waals surface area contributed by atoms with E-state index in [9.17, 15) is 0 Å². The van der Waals surface area contributed by atoms with E-state index in [1.807, 2.05) is 30.5 Å². The van der Waals surface area contributed by atoms with Gasteiger partial charge in [0.05, 0.1) is 16.9 Å². The smallest absolute Gasteiger partial charge is 0.160 e. The summed E-state index contributed by atoms with van der Waals surface area (Å²) in [6.07, 6.45) is 1.83. The van der Waals surface area contributed by atoms with E-state index in [0.717, 1.165) is 39.0 Å². The van der Waals surface area contributed by atoms with Gasteiger partial charge < -0.3 is 0 Å². The lowest BCUT2D eigenvalue weighted by molar-refractivity contribution is 1.18. The van der Waals surface area contributed by atoms with Crippen LogP contribution in [0.3, 0.4) is 0 Å². The molecule has 0 aliphatic heterocycles. The third-order valence-electron chi connectivity index (χ3n) is 10.4. The van der Waals surface area contributed by atoms with Gasteiger partial charge in [-0.1, -0.05) is 121 Å². The molecule has 230 valence electrons. The standard InChI is InChI=1S/C47H27N3/c1-2-8-31(9-3-1)47-49-41(33-21-22-40-32(24-33)13-7-23-48-40)27-42(50-47)35-25-34-20-19-30-11-5-15-37-36-14-4-10-28-17-18-29-12-6-16-38(45(29)43(28)36)39(26-35)46(34)44(30)37/h1-27H. The zero-order chi connectivity index (χ0) is 32.8. The minimum Gasteiger partial charge on any atom is -0.256 e. The van der Waals surface area contributed by atoms with Crippen molar-refractivity contribution in [3.8, 4) is 33.9 Å². The van der Waals surface area contributed by atoms with E-state index in [1.165, 1.54) is 64.6 Å². The number of fused-ring (bicyclic) bond motifs is 3. The van der Waals surface area contributed by atoms with E-state index < -0.39 is 0 Å². The third-order valence-corrected chi connectivity index (χ3v) is 10.4. The Hall–Kier alpha value is -6.71. The maximum atomic E-state index is 5.26. The summed E-state index contributed by atoms with van der Waals surface area (Å²) in [4.78, 5) is 14.9. The monoisotopic (exact) mass is 633 g/mol. The molecule has 0 bridgehead atoms. The number of hydrogen-bond acceptors (Lipinski definition) is 3. The van der Waals surface area contributed by atoms with Crippen molar-refractivity contribution in [2.24, 2.45) is 0 Å². The molecule has 0 radical (unpaired) electrons. The summed E-state index contributed by atoms with van der Waals surface area (Å²) in [5, 5.41) is 16.2. The summed E-state index contributed by atoms with van der Waals surface area (Å²) in [5.74, 6) is 0.703. The molecule has 50 heavy (non-hydrogen) atoms. The zero-order valence-corrected chi connectivity index (χ0v) is 26.9. The molecule has 11 rings (SSSR count). The Bertz CT molecular complexity index is 3140. The van der Waals surface area contributed by atoms with Crippen LogP contribution in [0.4, 0.5) is 0 Å². The first kappa shape index (κ1) is 27.3. The molecular formula is C47H27N3. The first-order valence-corrected chi connectivity index (χ1v) is 17.0. The molecule has 0 saturated carbocycles. The molecule has 0 fully saturated rings. The van der Waals surface area contributed by atoms with Crippen LogP contribution in [-0.4, -0.2) is 15.0 Å². The van der Waals surface area contributed by atoms with Crippen LogP contribution in [0.25, 0.3) is 109 Å². The van der Waals surface area contributed by atoms with Crippen molar-refractivity contribution in [1.82, 2.24) is 15.0 Å². The summed E-state index contributed by atoms with van der Waals surface area (Å²) >= 11 is 0. The van der Waals surface area contributed by atoms with Crippen molar-refractivity contribution in [3.05, 3.63) is 164 Å². The van der Waals surface area contributed by atoms with E-state index in [4.69, 9.17) is 9.97 Å². The van der Waals surface area contributed by atoms with Gasteiger partial charge in [-0.3, -0.25) is 4.98 Å². The van der Waals surface area contributed by atoms with Crippen molar-refractivity contribution < 1.29 is 0 Å². The molecule has 0 atom stereocenters. The summed E-state index contributed by atoms with van der Waals surface area (Å²) in [6, 6.07) is 56.8. The lowest BCUT2D eigenvalue weighted by Gasteiger charge is -2.17. The van der Waals surface area contributed by atoms with Crippen LogP contribution in [0.5, 0.6) is 0 Å². The molecule has 0 saturated heterocycles. The van der Waals surface area contributed by atoms with Crippen LogP contribution >= 0.6 is 0 Å². The second kappa shape index (κ2) is 10.4. The van der Waals surface area contributed by atoms with E-state index >= 15 is 0 Å². The fraction of sp³-hybridized carbons (Fsp3) is 0. The van der Waals surface area contributed by atoms with E-state index in [0.29, 0.717) is 5.82 Å². The predicted molar refractivity (Wildman–Crippen MR) is 210 cm³/mol. The van der Waals surface area contributed by atoms with Crippen LogP contribution in [-0.2, 0) is 0 Å². The number of nitrogens with zero attached hydrogens (tertiary/aromatic N) is 3. The topological polar surface area (TPSA) is 38.7 Å². The minimum atomic E-state index is 0.703. The van der Waals surface area contributed by atoms with Gasteiger partial charge in [-0.25, -0.2) is 9.97 Å². The highest BCUT2D eigenvalue weighted by Gasteiger charge is 2.18. The molecular weight excluding hydrogens is 607 g/mol. The summed E-state index contributed by atoms with van der Waals surface area (Å²) in [6.45, 7) is 0. The highest BCUT2D eigenvalue weighted by Crippen LogP contribution is 2.44. The molecule has 3 heteroatoms. The SMILES string of the molecule is c1ccc(-c2nc(-c3ccc4ncccc4c3)cc(-c3cc4ccc5cccc6c7cccc8ccc9cccc(c(c3)c4c56)c9c87)n2)cc1. The van der Waals surface area contributed by atoms with Gasteiger partial charge in [-0.05, 0) is 101 Å². The van der Waals surface area contributed by atoms with Crippen LogP contribution in [0, 0.1) is 0 Å². The normalized spacial score (nSPS) is 12.0. The molecule has 9 aromatic carbocycles. The third kappa shape index (κ3) is 4.01. The van der Waals surface area contributed by atoms with Gasteiger partial charge in [0, 0.05) is 28.3 Å². The fourth-order valence-electron chi connectivity index (χ4n) is 8.13. The highest BCUT2D eigenvalue weighted by atomic mass is 14.9. The average Bonchev–Trinajstić information content (AvgIpc) is 3.19. The molecule has 2 heterocycles. The lowest BCUT2D eigenvalue weighted by atomic mass is 9.87. The van der Waals surface area contributed by atoms with Crippen LogP contribution < -0.4 is 0 Å². The van der Waals surface area contributed by atoms with Crippen molar-refractivity contribution in [2.75, 3.05) is 0 Å². The Balaban J connectivity index is 1.28. The van der Waals surface area contributed by atoms with E-state index in [1.54, 1.807) is 0 Å². The van der Waals surface area contributed by atoms with Crippen LogP contribution in [0.15, 0.2) is 164 Å². The molecule has 0 N–H and O–H groups in total. The minimum absolute atomic E-state index is 0.703. The number of rotatable bonds is 3. The van der Waals surface area contributed by atoms with Gasteiger partial charge in [0.2, 0.25) is 0 Å². The van der Waals surface area contributed by atoms with Gasteiger partial charge >= 0.3 is 0 Å². The predicted octanol–water partition coefficient (Wildman–Crippen LogP) is 12.4. The highest BCUT2D eigenvalue weighted by molar-refractivity contribution is 6.37. The van der Waals surface area contributed by atoms with Gasteiger partial charge in [-0.2, -0.15) is 0 Å². The maximum absolute atomic E-state index is 5.26. The Morgan fingerprint density at radius 3 is 1.56 bits per heavy atom. The van der Waals surface area contributed by atoms with Gasteiger partial charge in [0.15, 0.2) is 5.82 Å². The van der Waals surface area contributed by atoms with Crippen molar-refractivity contribution in [3.63, 3.8) is 0 Å². The van der Waals surface area contributed by atoms with Crippen LogP contribution in [0.1, 0.15) is 0 Å². The molecule has 0 spiro atoms. The van der Waals surface area contributed by atoms with Gasteiger partial charge in [-0.15, -0.1) is 0 Å². The van der Waals surface area contributed by atoms with Crippen molar-refractivity contribution in [1.29, 1.82) is 0 Å². The molecule has 0 aliphatic rings. The Labute approximate surface area is 287 Å². The number of benzene rings is 8. The molecule has 3 nitrogen and oxygen atoms in total. The molecule has 0 unspecified atom stereocenters. The quantitative estimate of drug-likeness (QED) is 0.182. The summed E-state index contributed by atoms with van der Waals surface area (Å²) in [7, 11) is 0. The van der Waals surface area contributed by atoms with Gasteiger partial charge in [0.25, 0.3) is 0 Å². The van der Waals surface area contributed by atoms with Gasteiger partial charge in [0.1, 0.15) is 0 Å². The second-order valence-electron chi connectivity index (χ2n) is 13.2. The number of pyridine rings is 1. The first-order chi connectivity index (χ1) is 24.8. The van der Waals surface area contributed by atoms with E-state index in [2.05, 4.69) is 138 Å². The average molecular weight is 634 g/mol. The molecule has 0 amide bonds. The lowest BCUT2D eigenvalue weighted by Crippen LogP contribution is -1.96. The summed E-state index contributed by atoms with van der Waals surface area (Å²) < 4.78 is 0. The zero-order valence-electron chi connectivity index (χ0n) is 26.9. The Morgan fingerprint density at radius 2 is 0.880 bits per heavy atom. The second-order valence-corrected chi connectivity index (χ2v) is 13.2.